The summed E-state index contributed by atoms with van der Waals surface area (Å²) >= 11 is 0. The van der Waals surface area contributed by atoms with Crippen molar-refractivity contribution in [3.8, 4) is 23.0 Å². The second kappa shape index (κ2) is 6.75. The van der Waals surface area contributed by atoms with Crippen LogP contribution in [0.25, 0.3) is 12.2 Å². The maximum absolute atomic E-state index is 13.2. The molecule has 5 nitrogen and oxygen atoms in total. The van der Waals surface area contributed by atoms with Gasteiger partial charge in [-0.3, -0.25) is 4.79 Å². The van der Waals surface area contributed by atoms with Gasteiger partial charge in [-0.2, -0.15) is 0 Å². The van der Waals surface area contributed by atoms with Gasteiger partial charge in [-0.15, -0.1) is 0 Å². The van der Waals surface area contributed by atoms with E-state index in [1.807, 2.05) is 48.6 Å². The van der Waals surface area contributed by atoms with Crippen LogP contribution in [0.3, 0.4) is 0 Å². The molecule has 1 aliphatic carbocycles. The first-order valence-electron chi connectivity index (χ1n) is 9.43. The zero-order valence-electron chi connectivity index (χ0n) is 15.6. The molecule has 0 spiro atoms. The Labute approximate surface area is 163 Å². The largest absolute Gasteiger partial charge is 0.454 e. The fourth-order valence-corrected chi connectivity index (χ4v) is 3.78. The maximum atomic E-state index is 13.2. The first-order chi connectivity index (χ1) is 13.7. The number of hydrogen-bond acceptors (Lipinski definition) is 5. The van der Waals surface area contributed by atoms with Crippen LogP contribution in [-0.2, 0) is 4.79 Å². The minimum absolute atomic E-state index is 0.106. The van der Waals surface area contributed by atoms with Crippen molar-refractivity contribution in [3.05, 3.63) is 58.7 Å². The first-order valence-corrected chi connectivity index (χ1v) is 9.43. The summed E-state index contributed by atoms with van der Waals surface area (Å²) in [6, 6.07) is 11.5. The van der Waals surface area contributed by atoms with E-state index in [9.17, 15) is 4.79 Å². The van der Waals surface area contributed by atoms with Crippen molar-refractivity contribution < 1.29 is 23.7 Å². The molecule has 1 fully saturated rings. The summed E-state index contributed by atoms with van der Waals surface area (Å²) in [5, 5.41) is 0. The van der Waals surface area contributed by atoms with E-state index < -0.39 is 0 Å². The Kier molecular flexibility index (Phi) is 4.08. The van der Waals surface area contributed by atoms with Crippen molar-refractivity contribution in [2.24, 2.45) is 5.92 Å². The molecule has 1 atom stereocenters. The Morgan fingerprint density at radius 2 is 1.39 bits per heavy atom. The molecule has 0 amide bonds. The van der Waals surface area contributed by atoms with Crippen LogP contribution in [0, 0.1) is 5.92 Å². The van der Waals surface area contributed by atoms with Crippen LogP contribution in [0.2, 0.25) is 0 Å². The first kappa shape index (κ1) is 16.9. The van der Waals surface area contributed by atoms with Crippen LogP contribution in [-0.4, -0.2) is 19.4 Å². The number of fused-ring (bicyclic) bond motifs is 2. The van der Waals surface area contributed by atoms with Gasteiger partial charge in [-0.05, 0) is 66.3 Å². The van der Waals surface area contributed by atoms with Gasteiger partial charge in [0, 0.05) is 11.1 Å². The Hall–Kier alpha value is -3.21. The van der Waals surface area contributed by atoms with Crippen molar-refractivity contribution in [3.63, 3.8) is 0 Å². The maximum Gasteiger partial charge on any atom is 0.231 e. The average Bonchev–Trinajstić information content (AvgIpc) is 3.35. The molecule has 142 valence electrons. The standard InChI is InChI=1S/C23H20O5/c1-14-2-5-17(8-15-3-6-19-21(10-15)27-12-25-19)23(24)18(14)9-16-4-7-20-22(11-16)28-13-26-20/h3-4,6-11,14H,2,5,12-13H2,1H3/b17-8+,18-9?/t14-/m1/s1. The number of benzene rings is 2. The van der Waals surface area contributed by atoms with Gasteiger partial charge in [0.25, 0.3) is 0 Å². The number of carbonyl (C=O) groups is 1. The van der Waals surface area contributed by atoms with E-state index in [1.54, 1.807) is 0 Å². The van der Waals surface area contributed by atoms with Crippen molar-refractivity contribution >= 4 is 17.9 Å². The van der Waals surface area contributed by atoms with E-state index in [4.69, 9.17) is 18.9 Å². The highest BCUT2D eigenvalue weighted by molar-refractivity contribution is 6.14. The molecule has 5 rings (SSSR count). The number of allylic oxidation sites excluding steroid dienone is 2. The predicted molar refractivity (Wildman–Crippen MR) is 104 cm³/mol. The van der Waals surface area contributed by atoms with Crippen molar-refractivity contribution in [2.45, 2.75) is 19.8 Å². The third-order valence-corrected chi connectivity index (χ3v) is 5.39. The predicted octanol–water partition coefficient (Wildman–Crippen LogP) is 4.61. The molecule has 3 aliphatic rings. The molecule has 0 N–H and O–H groups in total. The number of ether oxygens (including phenoxy) is 4. The molecule has 28 heavy (non-hydrogen) atoms. The lowest BCUT2D eigenvalue weighted by Gasteiger charge is -2.23. The fourth-order valence-electron chi connectivity index (χ4n) is 3.78. The van der Waals surface area contributed by atoms with Crippen molar-refractivity contribution in [1.82, 2.24) is 0 Å². The number of carbonyl (C=O) groups excluding carboxylic acids is 1. The normalized spacial score (nSPS) is 22.9. The van der Waals surface area contributed by atoms with Gasteiger partial charge in [0.05, 0.1) is 0 Å². The van der Waals surface area contributed by atoms with Gasteiger partial charge >= 0.3 is 0 Å². The number of rotatable bonds is 2. The molecule has 0 saturated heterocycles. The summed E-state index contributed by atoms with van der Waals surface area (Å²) in [6.07, 6.45) is 5.65. The van der Waals surface area contributed by atoms with Gasteiger partial charge < -0.3 is 18.9 Å². The minimum Gasteiger partial charge on any atom is -0.454 e. The molecule has 1 saturated carbocycles. The van der Waals surface area contributed by atoms with E-state index in [2.05, 4.69) is 6.92 Å². The summed E-state index contributed by atoms with van der Waals surface area (Å²) in [4.78, 5) is 13.2. The van der Waals surface area contributed by atoms with E-state index >= 15 is 0 Å². The topological polar surface area (TPSA) is 54.0 Å². The number of Topliss-reactive ketones (excluding diaryl/α,β-unsaturated/α-hetero) is 1. The Morgan fingerprint density at radius 1 is 0.821 bits per heavy atom. The van der Waals surface area contributed by atoms with Gasteiger partial charge in [0.15, 0.2) is 28.8 Å². The van der Waals surface area contributed by atoms with Gasteiger partial charge in [-0.25, -0.2) is 0 Å². The molecule has 0 aromatic heterocycles. The van der Waals surface area contributed by atoms with Crippen molar-refractivity contribution in [1.29, 1.82) is 0 Å². The molecule has 0 unspecified atom stereocenters. The quantitative estimate of drug-likeness (QED) is 0.717. The highest BCUT2D eigenvalue weighted by Gasteiger charge is 2.27. The summed E-state index contributed by atoms with van der Waals surface area (Å²) in [6.45, 7) is 2.59. The number of hydrogen-bond donors (Lipinski definition) is 0. The molecule has 0 bridgehead atoms. The minimum atomic E-state index is 0.106. The van der Waals surface area contributed by atoms with Crippen LogP contribution in [0.4, 0.5) is 0 Å². The third kappa shape index (κ3) is 3.03. The molecular weight excluding hydrogens is 356 g/mol. The smallest absolute Gasteiger partial charge is 0.231 e. The lowest BCUT2D eigenvalue weighted by molar-refractivity contribution is -0.113. The molecule has 2 aromatic rings. The fraction of sp³-hybridized carbons (Fsp3) is 0.261. The Bertz CT molecular complexity index is 1020. The van der Waals surface area contributed by atoms with E-state index in [0.29, 0.717) is 0 Å². The van der Waals surface area contributed by atoms with Crippen molar-refractivity contribution in [2.75, 3.05) is 13.6 Å². The van der Waals surface area contributed by atoms with Gasteiger partial charge in [0.2, 0.25) is 13.6 Å². The molecule has 2 heterocycles. The summed E-state index contributed by atoms with van der Waals surface area (Å²) < 4.78 is 21.6. The zero-order valence-corrected chi connectivity index (χ0v) is 15.6. The van der Waals surface area contributed by atoms with Crippen LogP contribution in [0.1, 0.15) is 30.9 Å². The molecule has 2 aliphatic heterocycles. The highest BCUT2D eigenvalue weighted by atomic mass is 16.7. The Balaban J connectivity index is 1.45. The van der Waals surface area contributed by atoms with Crippen LogP contribution < -0.4 is 18.9 Å². The summed E-state index contributed by atoms with van der Waals surface area (Å²) in [7, 11) is 0. The van der Waals surface area contributed by atoms with Crippen LogP contribution in [0.15, 0.2) is 47.5 Å². The summed E-state index contributed by atoms with van der Waals surface area (Å²) in [5.74, 6) is 3.26. The molecular formula is C23H20O5. The van der Waals surface area contributed by atoms with Crippen LogP contribution >= 0.6 is 0 Å². The van der Waals surface area contributed by atoms with E-state index in [-0.39, 0.29) is 25.3 Å². The Morgan fingerprint density at radius 3 is 2.04 bits per heavy atom. The summed E-state index contributed by atoms with van der Waals surface area (Å²) in [5.41, 5.74) is 3.55. The highest BCUT2D eigenvalue weighted by Crippen LogP contribution is 2.37. The average molecular weight is 376 g/mol. The van der Waals surface area contributed by atoms with E-state index in [0.717, 1.165) is 58.1 Å². The zero-order chi connectivity index (χ0) is 19.1. The van der Waals surface area contributed by atoms with Gasteiger partial charge in [0.1, 0.15) is 0 Å². The van der Waals surface area contributed by atoms with Gasteiger partial charge in [-0.1, -0.05) is 19.1 Å². The second-order valence-electron chi connectivity index (χ2n) is 7.26. The lowest BCUT2D eigenvalue weighted by Crippen LogP contribution is -2.19. The monoisotopic (exact) mass is 376 g/mol. The molecule has 0 radical (unpaired) electrons. The number of ketones is 1. The second-order valence-corrected chi connectivity index (χ2v) is 7.26. The van der Waals surface area contributed by atoms with E-state index in [1.165, 1.54) is 0 Å². The lowest BCUT2D eigenvalue weighted by atomic mass is 9.80. The van der Waals surface area contributed by atoms with Crippen LogP contribution in [0.5, 0.6) is 23.0 Å². The SMILES string of the molecule is C[C@@H]1CC/C(=C\c2ccc3c(c2)OCO3)C(=O)C1=Cc1ccc2c(c1)OCO2. The molecule has 2 aromatic carbocycles. The molecule has 5 heteroatoms. The third-order valence-electron chi connectivity index (χ3n) is 5.39.